The zero-order chi connectivity index (χ0) is 54.4. The first-order chi connectivity index (χ1) is 33.7. The predicted molar refractivity (Wildman–Crippen MR) is 268 cm³/mol. The van der Waals surface area contributed by atoms with Crippen molar-refractivity contribution >= 4 is 53.3 Å². The third-order valence-corrected chi connectivity index (χ3v) is 11.3. The Hall–Kier alpha value is -7.01. The number of hydrogen-bond acceptors (Lipinski definition) is 13. The van der Waals surface area contributed by atoms with Gasteiger partial charge in [0.15, 0.2) is 5.96 Å². The lowest BCUT2D eigenvalue weighted by molar-refractivity contribution is -0.142. The highest BCUT2D eigenvalue weighted by atomic mass is 16.4. The number of aliphatic imine (C=N–C) groups is 1. The van der Waals surface area contributed by atoms with E-state index in [1.54, 1.807) is 27.7 Å². The summed E-state index contributed by atoms with van der Waals surface area (Å²) in [5.74, 6) is -8.62. The molecule has 0 unspecified atom stereocenters. The van der Waals surface area contributed by atoms with Crippen molar-refractivity contribution in [3.8, 4) is 11.5 Å². The number of guanidine groups is 1. The largest absolute Gasteiger partial charge is 0.508 e. The Morgan fingerprint density at radius 1 is 0.514 bits per heavy atom. The topological polar surface area (TPSA) is 392 Å². The van der Waals surface area contributed by atoms with Gasteiger partial charge in [0.25, 0.3) is 0 Å². The van der Waals surface area contributed by atoms with Crippen LogP contribution in [0.25, 0.3) is 0 Å². The third kappa shape index (κ3) is 21.5. The van der Waals surface area contributed by atoms with Crippen molar-refractivity contribution < 1.29 is 58.8 Å². The van der Waals surface area contributed by atoms with Crippen LogP contribution in [0.3, 0.4) is 0 Å². The first-order valence-electron chi connectivity index (χ1n) is 24.1. The van der Waals surface area contributed by atoms with E-state index in [2.05, 4.69) is 42.2 Å². The van der Waals surface area contributed by atoms with Gasteiger partial charge in [0, 0.05) is 19.4 Å². The molecular weight excluding hydrogens is 935 g/mol. The van der Waals surface area contributed by atoms with Crippen molar-refractivity contribution in [1.82, 2.24) is 37.2 Å². The number of nitrogens with one attached hydrogen (secondary N) is 7. The van der Waals surface area contributed by atoms with Gasteiger partial charge in [0.2, 0.25) is 41.4 Å². The van der Waals surface area contributed by atoms with E-state index in [0.717, 1.165) is 0 Å². The molecular formula is C49H77N11O12. The zero-order valence-electron chi connectivity index (χ0n) is 42.4. The van der Waals surface area contributed by atoms with Gasteiger partial charge in [-0.15, -0.1) is 0 Å². The molecule has 0 bridgehead atoms. The number of carbonyl (C=O) groups excluding carboxylic acids is 7. The van der Waals surface area contributed by atoms with Crippen molar-refractivity contribution in [2.45, 2.75) is 142 Å². The molecule has 72 heavy (non-hydrogen) atoms. The second kappa shape index (κ2) is 30.0. The van der Waals surface area contributed by atoms with Crippen molar-refractivity contribution in [2.24, 2.45) is 45.9 Å². The number of carbonyl (C=O) groups is 8. The fourth-order valence-electron chi connectivity index (χ4n) is 7.35. The monoisotopic (exact) mass is 1010 g/mol. The molecule has 2 aromatic carbocycles. The first kappa shape index (κ1) is 61.1. The Balaban J connectivity index is 2.38. The molecule has 0 spiro atoms. The third-order valence-electron chi connectivity index (χ3n) is 11.3. The molecule has 0 aliphatic heterocycles. The fourth-order valence-corrected chi connectivity index (χ4v) is 7.35. The summed E-state index contributed by atoms with van der Waals surface area (Å²) in [5.41, 5.74) is 18.0. The number of rotatable bonds is 30. The Bertz CT molecular complexity index is 2150. The molecule has 0 radical (unpaired) electrons. The number of phenols is 2. The summed E-state index contributed by atoms with van der Waals surface area (Å²) in [6.45, 7) is 13.0. The van der Waals surface area contributed by atoms with Gasteiger partial charge in [-0.3, -0.25) is 38.6 Å². The summed E-state index contributed by atoms with van der Waals surface area (Å²) < 4.78 is 0. The lowest BCUT2D eigenvalue weighted by Crippen LogP contribution is -2.62. The van der Waals surface area contributed by atoms with Crippen LogP contribution in [-0.2, 0) is 51.2 Å². The van der Waals surface area contributed by atoms with Gasteiger partial charge in [0.05, 0.1) is 12.6 Å². The van der Waals surface area contributed by atoms with Crippen molar-refractivity contribution in [3.63, 3.8) is 0 Å². The summed E-state index contributed by atoms with van der Waals surface area (Å²) in [4.78, 5) is 113. The Morgan fingerprint density at radius 3 is 1.33 bits per heavy atom. The SMILES string of the molecule is CC(C)C[C@H](NC(=O)[C@@H](N)CC(C)C)C(=O)N[C@@H](CO)C(=O)N[C@H](C(=O)N[C@@H](CCCN=C(N)N)C(=O)N[C@H](C(=O)N[C@@H](Cc1ccc(O)cc1)C(=O)N[C@@H](Cc1ccc(O)cc1)C(=O)O)C(C)C)C(C)C. The summed E-state index contributed by atoms with van der Waals surface area (Å²) in [6.07, 6.45) is 0.268. The molecule has 0 aromatic heterocycles. The summed E-state index contributed by atoms with van der Waals surface area (Å²) in [7, 11) is 0. The van der Waals surface area contributed by atoms with E-state index in [9.17, 15) is 58.8 Å². The molecule has 0 saturated carbocycles. The second-order valence-corrected chi connectivity index (χ2v) is 19.3. The Labute approximate surface area is 420 Å². The molecule has 8 atom stereocenters. The summed E-state index contributed by atoms with van der Waals surface area (Å²) in [6, 6.07) is 0.974. The van der Waals surface area contributed by atoms with Crippen LogP contribution in [0.1, 0.15) is 92.2 Å². The summed E-state index contributed by atoms with van der Waals surface area (Å²) in [5, 5.41) is 57.9. The minimum atomic E-state index is -1.57. The van der Waals surface area contributed by atoms with Gasteiger partial charge in [-0.25, -0.2) is 4.79 Å². The predicted octanol–water partition coefficient (Wildman–Crippen LogP) is -0.861. The molecule has 23 heteroatoms. The van der Waals surface area contributed by atoms with Crippen molar-refractivity contribution in [3.05, 3.63) is 59.7 Å². The zero-order valence-corrected chi connectivity index (χ0v) is 42.4. The van der Waals surface area contributed by atoms with Gasteiger partial charge < -0.3 is 74.8 Å². The minimum absolute atomic E-state index is 0.0400. The van der Waals surface area contributed by atoms with E-state index in [-0.39, 0.29) is 67.9 Å². The van der Waals surface area contributed by atoms with E-state index in [0.29, 0.717) is 17.5 Å². The number of nitrogens with zero attached hydrogens (tertiary/aromatic N) is 1. The van der Waals surface area contributed by atoms with Crippen LogP contribution in [0.15, 0.2) is 53.5 Å². The van der Waals surface area contributed by atoms with Crippen molar-refractivity contribution in [2.75, 3.05) is 13.2 Å². The molecule has 0 heterocycles. The van der Waals surface area contributed by atoms with E-state index in [4.69, 9.17) is 17.2 Å². The number of amides is 7. The lowest BCUT2D eigenvalue weighted by Gasteiger charge is -2.29. The maximum absolute atomic E-state index is 14.2. The van der Waals surface area contributed by atoms with Crippen LogP contribution < -0.4 is 54.4 Å². The molecule has 7 amide bonds. The van der Waals surface area contributed by atoms with Gasteiger partial charge in [-0.1, -0.05) is 79.7 Å². The number of carboxylic acid groups (broad SMARTS) is 1. The van der Waals surface area contributed by atoms with Crippen molar-refractivity contribution in [1.29, 1.82) is 0 Å². The molecule has 0 aliphatic carbocycles. The summed E-state index contributed by atoms with van der Waals surface area (Å²) >= 11 is 0. The Morgan fingerprint density at radius 2 is 0.903 bits per heavy atom. The van der Waals surface area contributed by atoms with E-state index in [1.807, 2.05) is 27.7 Å². The average molecular weight is 1010 g/mol. The standard InChI is InChI=1S/C49H77N11O12/c1-25(2)20-33(50)41(64)55-35(21-26(3)4)43(66)58-38(24-61)45(68)60-39(27(5)6)46(69)54-34(10-9-19-53-49(51)52)42(65)59-40(28(7)8)47(70)56-36(22-29-11-15-31(62)16-12-29)44(67)57-37(48(71)72)23-30-13-17-32(63)18-14-30/h11-18,25-28,33-40,61-63H,9-10,19-24,50H2,1-8H3,(H,54,69)(H,55,64)(H,56,70)(H,57,67)(H,58,66)(H,59,65)(H,60,68)(H,71,72)(H4,51,52,53)/t33-,34-,35-,36-,37-,38-,39-,40-/m0/s1. The van der Waals surface area contributed by atoms with Gasteiger partial charge in [-0.05, 0) is 84.7 Å². The van der Waals surface area contributed by atoms with Gasteiger partial charge >= 0.3 is 5.97 Å². The molecule has 0 fully saturated rings. The highest BCUT2D eigenvalue weighted by molar-refractivity contribution is 5.98. The minimum Gasteiger partial charge on any atom is -0.508 e. The molecule has 400 valence electrons. The average Bonchev–Trinajstić information content (AvgIpc) is 3.29. The Kier molecular flexibility index (Phi) is 25.5. The highest BCUT2D eigenvalue weighted by Crippen LogP contribution is 2.16. The fraction of sp³-hybridized carbons (Fsp3) is 0.571. The van der Waals surface area contributed by atoms with E-state index < -0.39 is 114 Å². The lowest BCUT2D eigenvalue weighted by atomic mass is 9.99. The number of phenolic OH excluding ortho intramolecular Hbond substituents is 2. The van der Waals surface area contributed by atoms with Gasteiger partial charge in [-0.2, -0.15) is 0 Å². The molecule has 23 nitrogen and oxygen atoms in total. The normalized spacial score (nSPS) is 14.6. The molecule has 2 rings (SSSR count). The van der Waals surface area contributed by atoms with Crippen LogP contribution in [0.4, 0.5) is 0 Å². The van der Waals surface area contributed by atoms with Crippen LogP contribution in [0.2, 0.25) is 0 Å². The van der Waals surface area contributed by atoms with Crippen LogP contribution in [-0.4, -0.2) is 135 Å². The number of aromatic hydroxyl groups is 2. The highest BCUT2D eigenvalue weighted by Gasteiger charge is 2.36. The van der Waals surface area contributed by atoms with Gasteiger partial charge in [0.1, 0.15) is 53.8 Å². The first-order valence-corrected chi connectivity index (χ1v) is 24.1. The van der Waals surface area contributed by atoms with E-state index in [1.165, 1.54) is 48.5 Å². The number of aliphatic hydroxyl groups excluding tert-OH is 1. The van der Waals surface area contributed by atoms with Crippen LogP contribution in [0, 0.1) is 23.7 Å². The number of carboxylic acids is 1. The number of aliphatic carboxylic acids is 1. The van der Waals surface area contributed by atoms with Crippen LogP contribution in [0.5, 0.6) is 11.5 Å². The number of hydrogen-bond donors (Lipinski definition) is 14. The molecule has 2 aromatic rings. The quantitative estimate of drug-likeness (QED) is 0.0257. The smallest absolute Gasteiger partial charge is 0.326 e. The number of aliphatic hydroxyl groups is 1. The number of benzene rings is 2. The maximum atomic E-state index is 14.2. The molecule has 0 aliphatic rings. The number of nitrogens with two attached hydrogens (primary N) is 3. The molecule has 17 N–H and O–H groups in total. The second-order valence-electron chi connectivity index (χ2n) is 19.3. The van der Waals surface area contributed by atoms with E-state index >= 15 is 0 Å². The van der Waals surface area contributed by atoms with Crippen LogP contribution >= 0.6 is 0 Å². The molecule has 0 saturated heterocycles. The maximum Gasteiger partial charge on any atom is 0.326 e.